The van der Waals surface area contributed by atoms with E-state index in [1.54, 1.807) is 36.2 Å². The molecule has 1 fully saturated rings. The van der Waals surface area contributed by atoms with Crippen LogP contribution in [-0.2, 0) is 0 Å². The van der Waals surface area contributed by atoms with Crippen molar-refractivity contribution in [2.24, 2.45) is 0 Å². The summed E-state index contributed by atoms with van der Waals surface area (Å²) in [6.07, 6.45) is -1.06. The number of anilines is 5. The van der Waals surface area contributed by atoms with Gasteiger partial charge in [-0.3, -0.25) is 9.69 Å². The Morgan fingerprint density at radius 3 is 2.62 bits per heavy atom. The Hall–Kier alpha value is -3.21. The van der Waals surface area contributed by atoms with Crippen molar-refractivity contribution in [2.45, 2.75) is 32.2 Å². The second-order valence-corrected chi connectivity index (χ2v) is 10.7. The van der Waals surface area contributed by atoms with Crippen LogP contribution in [0, 0.1) is 0 Å². The summed E-state index contributed by atoms with van der Waals surface area (Å²) in [5.74, 6) is -0.601. The van der Waals surface area contributed by atoms with Gasteiger partial charge in [0, 0.05) is 56.2 Å². The number of nitrogens with one attached hydrogen (secondary N) is 2. The number of aromatic nitrogens is 2. The van der Waals surface area contributed by atoms with Gasteiger partial charge in [-0.15, -0.1) is 0 Å². The molecule has 2 atom stereocenters. The Kier molecular flexibility index (Phi) is 7.80. The van der Waals surface area contributed by atoms with E-state index in [9.17, 15) is 13.6 Å². The molecule has 206 valence electrons. The van der Waals surface area contributed by atoms with Crippen molar-refractivity contribution in [1.82, 2.24) is 15.3 Å². The van der Waals surface area contributed by atoms with Crippen molar-refractivity contribution in [3.05, 3.63) is 63.8 Å². The first-order chi connectivity index (χ1) is 18.6. The highest BCUT2D eigenvalue weighted by atomic mass is 35.5. The van der Waals surface area contributed by atoms with E-state index >= 15 is 0 Å². The molecule has 12 heteroatoms. The zero-order chi connectivity index (χ0) is 27.8. The molecule has 0 spiro atoms. The SMILES string of the molecule is CC(c1cc(Nc2ncc3c(n2)N(C)CN(c2c(Cl)cccc2Cl)C3=O)ccc1N1CCN[C@H](C)C1)C(F)F. The number of halogens is 4. The molecular weight excluding hydrogens is 547 g/mol. The zero-order valence-corrected chi connectivity index (χ0v) is 23.3. The van der Waals surface area contributed by atoms with E-state index in [1.165, 1.54) is 18.0 Å². The van der Waals surface area contributed by atoms with Crippen molar-refractivity contribution < 1.29 is 13.6 Å². The number of para-hydroxylation sites is 1. The molecule has 2 N–H and O–H groups in total. The standard InChI is InChI=1S/C27H29Cl2F2N7O/c1-15-13-37(10-9-32-15)22-8-7-17(11-18(22)16(2)24(30)31)34-27-33-12-19-25(35-27)36(3)14-38(26(19)39)23-20(28)5-4-6-21(23)29/h4-8,11-12,15-16,24,32H,9-10,13-14H2,1-3H3,(H,33,34,35)/t15-,16?/m1/s1. The van der Waals surface area contributed by atoms with Crippen molar-refractivity contribution in [2.75, 3.05) is 53.4 Å². The van der Waals surface area contributed by atoms with Crippen LogP contribution in [0.3, 0.4) is 0 Å². The molecule has 5 rings (SSSR count). The number of nitrogens with zero attached hydrogens (tertiary/aromatic N) is 5. The summed E-state index contributed by atoms with van der Waals surface area (Å²) >= 11 is 12.7. The van der Waals surface area contributed by atoms with E-state index < -0.39 is 12.3 Å². The molecule has 1 unspecified atom stereocenters. The van der Waals surface area contributed by atoms with Crippen molar-refractivity contribution in [1.29, 1.82) is 0 Å². The minimum absolute atomic E-state index is 0.180. The average Bonchev–Trinajstić information content (AvgIpc) is 2.90. The molecule has 1 aromatic heterocycles. The van der Waals surface area contributed by atoms with Crippen LogP contribution in [0.1, 0.15) is 35.7 Å². The number of rotatable bonds is 6. The molecule has 3 aromatic rings. The van der Waals surface area contributed by atoms with E-state index in [0.717, 1.165) is 25.3 Å². The molecule has 2 aliphatic heterocycles. The maximum absolute atomic E-state index is 13.8. The summed E-state index contributed by atoms with van der Waals surface area (Å²) in [6, 6.07) is 10.8. The lowest BCUT2D eigenvalue weighted by molar-refractivity contribution is 0.0982. The lowest BCUT2D eigenvalue weighted by atomic mass is 9.97. The molecule has 3 heterocycles. The predicted octanol–water partition coefficient (Wildman–Crippen LogP) is 5.75. The quantitative estimate of drug-likeness (QED) is 0.387. The minimum Gasteiger partial charge on any atom is -0.368 e. The summed E-state index contributed by atoms with van der Waals surface area (Å²) < 4.78 is 27.7. The Morgan fingerprint density at radius 2 is 1.92 bits per heavy atom. The zero-order valence-electron chi connectivity index (χ0n) is 21.8. The second-order valence-electron chi connectivity index (χ2n) is 9.90. The van der Waals surface area contributed by atoms with Gasteiger partial charge in [-0.2, -0.15) is 4.98 Å². The third kappa shape index (κ3) is 5.46. The number of hydrogen-bond acceptors (Lipinski definition) is 7. The van der Waals surface area contributed by atoms with Crippen LogP contribution in [0.25, 0.3) is 0 Å². The molecule has 0 radical (unpaired) electrons. The fraction of sp³-hybridized carbons (Fsp3) is 0.370. The summed E-state index contributed by atoms with van der Waals surface area (Å²) in [5, 5.41) is 7.24. The van der Waals surface area contributed by atoms with Crippen molar-refractivity contribution >= 4 is 57.9 Å². The van der Waals surface area contributed by atoms with Gasteiger partial charge in [0.25, 0.3) is 5.91 Å². The van der Waals surface area contributed by atoms with Gasteiger partial charge in [-0.05, 0) is 42.8 Å². The maximum Gasteiger partial charge on any atom is 0.265 e. The molecule has 0 saturated carbocycles. The van der Waals surface area contributed by atoms with E-state index in [1.807, 2.05) is 12.1 Å². The van der Waals surface area contributed by atoms with Crippen LogP contribution in [0.4, 0.5) is 37.6 Å². The monoisotopic (exact) mass is 575 g/mol. The first-order valence-electron chi connectivity index (χ1n) is 12.7. The molecule has 1 amide bonds. The normalized spacial score (nSPS) is 18.4. The van der Waals surface area contributed by atoms with Gasteiger partial charge in [-0.25, -0.2) is 13.8 Å². The van der Waals surface area contributed by atoms with E-state index in [-0.39, 0.29) is 24.6 Å². The highest BCUT2D eigenvalue weighted by Gasteiger charge is 2.33. The highest BCUT2D eigenvalue weighted by Crippen LogP contribution is 2.38. The molecule has 39 heavy (non-hydrogen) atoms. The summed E-state index contributed by atoms with van der Waals surface area (Å²) in [5.41, 5.74) is 2.66. The highest BCUT2D eigenvalue weighted by molar-refractivity contribution is 6.40. The first-order valence-corrected chi connectivity index (χ1v) is 13.4. The van der Waals surface area contributed by atoms with Crippen LogP contribution >= 0.6 is 23.2 Å². The van der Waals surface area contributed by atoms with Gasteiger partial charge in [-0.1, -0.05) is 36.2 Å². The molecule has 8 nitrogen and oxygen atoms in total. The van der Waals surface area contributed by atoms with E-state index in [0.29, 0.717) is 38.4 Å². The Morgan fingerprint density at radius 1 is 1.18 bits per heavy atom. The lowest BCUT2D eigenvalue weighted by Gasteiger charge is -2.36. The van der Waals surface area contributed by atoms with Gasteiger partial charge in [0.05, 0.1) is 22.4 Å². The Balaban J connectivity index is 1.43. The number of piperazine rings is 1. The van der Waals surface area contributed by atoms with E-state index in [4.69, 9.17) is 23.2 Å². The van der Waals surface area contributed by atoms with Crippen molar-refractivity contribution in [3.63, 3.8) is 0 Å². The lowest BCUT2D eigenvalue weighted by Crippen LogP contribution is -2.49. The van der Waals surface area contributed by atoms with Crippen LogP contribution < -0.4 is 25.3 Å². The number of alkyl halides is 2. The number of carbonyl (C=O) groups is 1. The second kappa shape index (κ2) is 11.1. The molecule has 0 bridgehead atoms. The van der Waals surface area contributed by atoms with Crippen LogP contribution in [0.2, 0.25) is 10.0 Å². The van der Waals surface area contributed by atoms with Crippen LogP contribution in [0.5, 0.6) is 0 Å². The molecule has 1 saturated heterocycles. The summed E-state index contributed by atoms with van der Waals surface area (Å²) in [4.78, 5) is 27.7. The first kappa shape index (κ1) is 27.4. The number of amides is 1. The number of hydrogen-bond donors (Lipinski definition) is 2. The Bertz CT molecular complexity index is 1370. The van der Waals surface area contributed by atoms with E-state index in [2.05, 4.69) is 32.4 Å². The van der Waals surface area contributed by atoms with Crippen molar-refractivity contribution in [3.8, 4) is 0 Å². The van der Waals surface area contributed by atoms with Crippen LogP contribution in [-0.4, -0.2) is 61.7 Å². The number of fused-ring (bicyclic) bond motifs is 1. The third-order valence-electron chi connectivity index (χ3n) is 7.03. The topological polar surface area (TPSA) is 76.6 Å². The summed E-state index contributed by atoms with van der Waals surface area (Å²) in [7, 11) is 1.80. The maximum atomic E-state index is 13.8. The smallest absolute Gasteiger partial charge is 0.265 e. The molecular formula is C27H29Cl2F2N7O. The predicted molar refractivity (Wildman–Crippen MR) is 152 cm³/mol. The third-order valence-corrected chi connectivity index (χ3v) is 7.64. The number of carbonyl (C=O) groups excluding carboxylic acids is 1. The Labute approximate surface area is 235 Å². The van der Waals surface area contributed by atoms with Crippen LogP contribution in [0.15, 0.2) is 42.6 Å². The molecule has 2 aromatic carbocycles. The minimum atomic E-state index is -2.51. The average molecular weight is 576 g/mol. The summed E-state index contributed by atoms with van der Waals surface area (Å²) in [6.45, 7) is 6.06. The van der Waals surface area contributed by atoms with Gasteiger partial charge < -0.3 is 20.4 Å². The fourth-order valence-electron chi connectivity index (χ4n) is 4.98. The molecule has 0 aliphatic carbocycles. The fourth-order valence-corrected chi connectivity index (χ4v) is 5.59. The van der Waals surface area contributed by atoms with Gasteiger partial charge in [0.2, 0.25) is 12.4 Å². The van der Waals surface area contributed by atoms with Gasteiger partial charge >= 0.3 is 0 Å². The molecule has 2 aliphatic rings. The van der Waals surface area contributed by atoms with Gasteiger partial charge in [0.15, 0.2) is 0 Å². The number of benzene rings is 2. The van der Waals surface area contributed by atoms with Gasteiger partial charge in [0.1, 0.15) is 11.4 Å². The largest absolute Gasteiger partial charge is 0.368 e.